The van der Waals surface area contributed by atoms with Crippen molar-refractivity contribution < 1.29 is 14.3 Å². The molecule has 0 aromatic carbocycles. The van der Waals surface area contributed by atoms with Gasteiger partial charge in [0.2, 0.25) is 5.91 Å². The average Bonchev–Trinajstić information content (AvgIpc) is 2.59. The first-order valence-electron chi connectivity index (χ1n) is 10.2. The van der Waals surface area contributed by atoms with Gasteiger partial charge in [0, 0.05) is 30.6 Å². The normalized spacial score (nSPS) is 34.5. The number of hydrogen-bond acceptors (Lipinski definition) is 4. The van der Waals surface area contributed by atoms with Gasteiger partial charge in [-0.05, 0) is 78.1 Å². The fourth-order valence-corrected chi connectivity index (χ4v) is 4.83. The third-order valence-corrected chi connectivity index (χ3v) is 6.50. The molecule has 0 radical (unpaired) electrons. The van der Waals surface area contributed by atoms with Gasteiger partial charge in [-0.15, -0.1) is 0 Å². The quantitative estimate of drug-likeness (QED) is 0.805. The molecule has 2 bridgehead atoms. The van der Waals surface area contributed by atoms with Gasteiger partial charge in [-0.25, -0.2) is 4.79 Å². The topological polar surface area (TPSA) is 84.7 Å². The number of carbonyl (C=O) groups is 2. The van der Waals surface area contributed by atoms with Crippen molar-refractivity contribution in [1.29, 1.82) is 0 Å². The van der Waals surface area contributed by atoms with E-state index in [4.69, 9.17) is 10.5 Å². The second kappa shape index (κ2) is 7.02. The molecule has 3 saturated carbocycles. The number of ether oxygens (including phenoxy) is 1. The van der Waals surface area contributed by atoms with Crippen molar-refractivity contribution >= 4 is 12.0 Å². The Hall–Kier alpha value is -1.30. The number of alkyl carbamates (subject to hydrolysis) is 1. The second-order valence-electron chi connectivity index (χ2n) is 9.78. The lowest BCUT2D eigenvalue weighted by atomic mass is 9.57. The van der Waals surface area contributed by atoms with Gasteiger partial charge in [0.15, 0.2) is 0 Å². The first kappa shape index (κ1) is 19.5. The van der Waals surface area contributed by atoms with E-state index >= 15 is 0 Å². The number of piperidine rings is 1. The number of likely N-dealkylation sites (tertiary alicyclic amines) is 1. The zero-order chi connectivity index (χ0) is 19.0. The Morgan fingerprint density at radius 1 is 1.15 bits per heavy atom. The van der Waals surface area contributed by atoms with Crippen molar-refractivity contribution in [2.75, 3.05) is 19.6 Å². The summed E-state index contributed by atoms with van der Waals surface area (Å²) in [7, 11) is 0. The van der Waals surface area contributed by atoms with Crippen LogP contribution in [0.5, 0.6) is 0 Å². The molecule has 0 aromatic heterocycles. The molecular formula is C20H35N3O3. The van der Waals surface area contributed by atoms with Crippen molar-refractivity contribution in [2.45, 2.75) is 83.3 Å². The SMILES string of the molecule is CC(C)(C)OC(=O)NCC1CCCN(C(=O)C23CCC(N)(CC2)CC3)C1. The van der Waals surface area contributed by atoms with E-state index in [0.29, 0.717) is 18.4 Å². The third kappa shape index (κ3) is 4.33. The van der Waals surface area contributed by atoms with Gasteiger partial charge in [0.1, 0.15) is 5.60 Å². The fraction of sp³-hybridized carbons (Fsp3) is 0.900. The smallest absolute Gasteiger partial charge is 0.407 e. The minimum atomic E-state index is -0.488. The maximum atomic E-state index is 13.3. The first-order chi connectivity index (χ1) is 12.1. The summed E-state index contributed by atoms with van der Waals surface area (Å²) in [5.41, 5.74) is 5.73. The van der Waals surface area contributed by atoms with E-state index < -0.39 is 5.60 Å². The number of nitrogens with zero attached hydrogens (tertiary/aromatic N) is 1. The van der Waals surface area contributed by atoms with Gasteiger partial charge in [0.25, 0.3) is 0 Å². The summed E-state index contributed by atoms with van der Waals surface area (Å²) >= 11 is 0. The van der Waals surface area contributed by atoms with E-state index in [2.05, 4.69) is 10.2 Å². The molecule has 2 amide bonds. The van der Waals surface area contributed by atoms with E-state index in [0.717, 1.165) is 64.5 Å². The number of hydrogen-bond donors (Lipinski definition) is 2. The third-order valence-electron chi connectivity index (χ3n) is 6.50. The summed E-state index contributed by atoms with van der Waals surface area (Å²) < 4.78 is 5.30. The molecular weight excluding hydrogens is 330 g/mol. The van der Waals surface area contributed by atoms with Crippen LogP contribution in [0.15, 0.2) is 0 Å². The Labute approximate surface area is 157 Å². The lowest BCUT2D eigenvalue weighted by molar-refractivity contribution is -0.151. The van der Waals surface area contributed by atoms with Crippen molar-refractivity contribution in [3.8, 4) is 0 Å². The molecule has 1 unspecified atom stereocenters. The van der Waals surface area contributed by atoms with Gasteiger partial charge in [-0.3, -0.25) is 4.79 Å². The second-order valence-corrected chi connectivity index (χ2v) is 9.78. The highest BCUT2D eigenvalue weighted by Gasteiger charge is 2.52. The minimum absolute atomic E-state index is 0.0101. The van der Waals surface area contributed by atoms with Crippen LogP contribution in [0, 0.1) is 11.3 Å². The van der Waals surface area contributed by atoms with Crippen molar-refractivity contribution in [3.63, 3.8) is 0 Å². The van der Waals surface area contributed by atoms with Gasteiger partial charge in [-0.2, -0.15) is 0 Å². The molecule has 6 nitrogen and oxygen atoms in total. The molecule has 4 fully saturated rings. The van der Waals surface area contributed by atoms with E-state index in [-0.39, 0.29) is 17.0 Å². The molecule has 1 aliphatic heterocycles. The number of nitrogens with two attached hydrogens (primary N) is 1. The molecule has 0 spiro atoms. The molecule has 1 heterocycles. The van der Waals surface area contributed by atoms with Crippen LogP contribution in [0.4, 0.5) is 4.79 Å². The van der Waals surface area contributed by atoms with Crippen molar-refractivity contribution in [3.05, 3.63) is 0 Å². The van der Waals surface area contributed by atoms with Crippen LogP contribution in [0.1, 0.15) is 72.1 Å². The van der Waals surface area contributed by atoms with Crippen LogP contribution in [0.3, 0.4) is 0 Å². The van der Waals surface area contributed by atoms with Crippen LogP contribution >= 0.6 is 0 Å². The Kier molecular flexibility index (Phi) is 5.26. The highest BCUT2D eigenvalue weighted by molar-refractivity contribution is 5.83. The Morgan fingerprint density at radius 2 is 1.77 bits per heavy atom. The van der Waals surface area contributed by atoms with Crippen LogP contribution < -0.4 is 11.1 Å². The Bertz CT molecular complexity index is 530. The van der Waals surface area contributed by atoms with Crippen molar-refractivity contribution in [1.82, 2.24) is 10.2 Å². The summed E-state index contributed by atoms with van der Waals surface area (Å²) in [6, 6.07) is 0. The molecule has 148 valence electrons. The number of nitrogens with one attached hydrogen (secondary N) is 1. The molecule has 3 aliphatic carbocycles. The zero-order valence-electron chi connectivity index (χ0n) is 16.6. The van der Waals surface area contributed by atoms with Gasteiger partial charge in [0.05, 0.1) is 0 Å². The lowest BCUT2D eigenvalue weighted by Crippen LogP contribution is -2.58. The Balaban J connectivity index is 1.52. The van der Waals surface area contributed by atoms with Gasteiger partial charge < -0.3 is 20.7 Å². The summed E-state index contributed by atoms with van der Waals surface area (Å²) in [5.74, 6) is 0.638. The number of carbonyl (C=O) groups excluding carboxylic acids is 2. The summed E-state index contributed by atoms with van der Waals surface area (Å²) in [6.45, 7) is 7.73. The lowest BCUT2D eigenvalue weighted by Gasteiger charge is -2.52. The Morgan fingerprint density at radius 3 is 2.35 bits per heavy atom. The average molecular weight is 366 g/mol. The standard InChI is InChI=1S/C20H35N3O3/c1-18(2,3)26-17(25)22-13-15-5-4-12-23(14-15)16(24)19-6-9-20(21,10-7-19)11-8-19/h15H,4-14,21H2,1-3H3,(H,22,25). The highest BCUT2D eigenvalue weighted by atomic mass is 16.6. The summed E-state index contributed by atoms with van der Waals surface area (Å²) in [6.07, 6.45) is 7.45. The zero-order valence-corrected chi connectivity index (χ0v) is 16.6. The molecule has 1 atom stereocenters. The van der Waals surface area contributed by atoms with Crippen LogP contribution in [0.2, 0.25) is 0 Å². The van der Waals surface area contributed by atoms with E-state index in [9.17, 15) is 9.59 Å². The molecule has 3 N–H and O–H groups in total. The predicted octanol–water partition coefficient (Wildman–Crippen LogP) is 2.80. The maximum Gasteiger partial charge on any atom is 0.407 e. The number of fused-ring (bicyclic) bond motifs is 3. The number of amides is 2. The predicted molar refractivity (Wildman–Crippen MR) is 101 cm³/mol. The molecule has 4 aliphatic rings. The highest BCUT2D eigenvalue weighted by Crippen LogP contribution is 2.52. The van der Waals surface area contributed by atoms with Crippen LogP contribution in [0.25, 0.3) is 0 Å². The minimum Gasteiger partial charge on any atom is -0.444 e. The summed E-state index contributed by atoms with van der Waals surface area (Å²) in [5, 5.41) is 2.87. The molecule has 26 heavy (non-hydrogen) atoms. The molecule has 1 saturated heterocycles. The van der Waals surface area contributed by atoms with Gasteiger partial charge in [-0.1, -0.05) is 0 Å². The fourth-order valence-electron chi connectivity index (χ4n) is 4.83. The van der Waals surface area contributed by atoms with E-state index in [1.165, 1.54) is 0 Å². The monoisotopic (exact) mass is 365 g/mol. The summed E-state index contributed by atoms with van der Waals surface area (Å²) in [4.78, 5) is 27.2. The molecule has 6 heteroatoms. The van der Waals surface area contributed by atoms with Crippen LogP contribution in [-0.2, 0) is 9.53 Å². The van der Waals surface area contributed by atoms with Crippen LogP contribution in [-0.4, -0.2) is 47.7 Å². The largest absolute Gasteiger partial charge is 0.444 e. The number of rotatable bonds is 3. The van der Waals surface area contributed by atoms with Gasteiger partial charge >= 0.3 is 6.09 Å². The molecule has 0 aromatic rings. The van der Waals surface area contributed by atoms with E-state index in [1.54, 1.807) is 0 Å². The van der Waals surface area contributed by atoms with Crippen molar-refractivity contribution in [2.24, 2.45) is 17.1 Å². The molecule has 4 rings (SSSR count). The maximum absolute atomic E-state index is 13.3. The first-order valence-corrected chi connectivity index (χ1v) is 10.2. The van der Waals surface area contributed by atoms with E-state index in [1.807, 2.05) is 20.8 Å².